The quantitative estimate of drug-likeness (QED) is 0.677. The maximum absolute atomic E-state index is 12.3. The summed E-state index contributed by atoms with van der Waals surface area (Å²) in [6, 6.07) is 13.4. The fourth-order valence-electron chi connectivity index (χ4n) is 2.99. The van der Waals surface area contributed by atoms with E-state index in [0.717, 1.165) is 22.5 Å². The second-order valence-electron chi connectivity index (χ2n) is 6.67. The van der Waals surface area contributed by atoms with Crippen molar-refractivity contribution in [3.63, 3.8) is 0 Å². The number of hydrogen-bond donors (Lipinski definition) is 2. The van der Waals surface area contributed by atoms with Crippen LogP contribution in [0, 0.1) is 6.92 Å². The van der Waals surface area contributed by atoms with Crippen LogP contribution in [0.5, 0.6) is 0 Å². The Morgan fingerprint density at radius 2 is 1.93 bits per heavy atom. The topological polar surface area (TPSA) is 75.5 Å². The number of aromatic nitrogens is 2. The highest BCUT2D eigenvalue weighted by Crippen LogP contribution is 2.17. The minimum absolute atomic E-state index is 0.0990. The lowest BCUT2D eigenvalue weighted by Crippen LogP contribution is -2.33. The number of pyridine rings is 1. The Kier molecular flexibility index (Phi) is 5.86. The second-order valence-corrected chi connectivity index (χ2v) is 6.67. The molecule has 0 unspecified atom stereocenters. The molecule has 0 saturated heterocycles. The number of nitrogens with one attached hydrogen (secondary N) is 2. The van der Waals surface area contributed by atoms with Crippen molar-refractivity contribution in [2.75, 3.05) is 6.54 Å². The number of amides is 2. The molecule has 0 fully saturated rings. The lowest BCUT2D eigenvalue weighted by molar-refractivity contribution is -0.122. The van der Waals surface area contributed by atoms with Gasteiger partial charge >= 0.3 is 0 Å². The van der Waals surface area contributed by atoms with E-state index in [1.165, 1.54) is 6.92 Å². The Labute approximate surface area is 158 Å². The third-order valence-electron chi connectivity index (χ3n) is 4.36. The molecule has 3 aromatic rings. The summed E-state index contributed by atoms with van der Waals surface area (Å²) in [6.07, 6.45) is 4.77. The molecule has 3 rings (SSSR count). The van der Waals surface area contributed by atoms with E-state index in [0.29, 0.717) is 13.0 Å². The van der Waals surface area contributed by atoms with Gasteiger partial charge < -0.3 is 15.0 Å². The van der Waals surface area contributed by atoms with Crippen LogP contribution in [0.3, 0.4) is 0 Å². The standard InChI is InChI=1S/C21H24N4O2/c1-15-6-8-17(9-7-15)19(23-16(2)26)13-21(27)22-11-10-18-14-25-12-4-3-5-20(25)24-18/h3-9,12,14,19H,10-11,13H2,1-2H3,(H,22,27)(H,23,26)/t19-/m0/s1. The molecule has 2 amide bonds. The predicted octanol–water partition coefficient (Wildman–Crippen LogP) is 2.57. The molecule has 27 heavy (non-hydrogen) atoms. The van der Waals surface area contributed by atoms with Gasteiger partial charge in [0, 0.05) is 32.3 Å². The van der Waals surface area contributed by atoms with Crippen molar-refractivity contribution in [1.29, 1.82) is 0 Å². The molecule has 0 aliphatic carbocycles. The van der Waals surface area contributed by atoms with Crippen molar-refractivity contribution in [1.82, 2.24) is 20.0 Å². The summed E-state index contributed by atoms with van der Waals surface area (Å²) < 4.78 is 1.96. The van der Waals surface area contributed by atoms with Crippen LogP contribution in [0.25, 0.3) is 5.65 Å². The number of fused-ring (bicyclic) bond motifs is 1. The molecular formula is C21H24N4O2. The van der Waals surface area contributed by atoms with E-state index in [1.54, 1.807) is 0 Å². The molecule has 1 aromatic carbocycles. The fourth-order valence-corrected chi connectivity index (χ4v) is 2.99. The Balaban J connectivity index is 1.55. The van der Waals surface area contributed by atoms with Crippen molar-refractivity contribution >= 4 is 17.5 Å². The van der Waals surface area contributed by atoms with E-state index >= 15 is 0 Å². The van der Waals surface area contributed by atoms with E-state index in [9.17, 15) is 9.59 Å². The van der Waals surface area contributed by atoms with Gasteiger partial charge in [0.15, 0.2) is 0 Å². The molecule has 6 nitrogen and oxygen atoms in total. The number of benzene rings is 1. The first-order valence-corrected chi connectivity index (χ1v) is 9.04. The molecule has 140 valence electrons. The van der Waals surface area contributed by atoms with Crippen LogP contribution in [-0.2, 0) is 16.0 Å². The van der Waals surface area contributed by atoms with Gasteiger partial charge in [-0.3, -0.25) is 9.59 Å². The van der Waals surface area contributed by atoms with E-state index < -0.39 is 0 Å². The summed E-state index contributed by atoms with van der Waals surface area (Å²) in [5.74, 6) is -0.254. The van der Waals surface area contributed by atoms with Gasteiger partial charge in [-0.05, 0) is 24.6 Å². The summed E-state index contributed by atoms with van der Waals surface area (Å²) in [5.41, 5.74) is 3.88. The van der Waals surface area contributed by atoms with Gasteiger partial charge in [-0.15, -0.1) is 0 Å². The summed E-state index contributed by atoms with van der Waals surface area (Å²) in [7, 11) is 0. The Hall–Kier alpha value is -3.15. The number of nitrogens with zero attached hydrogens (tertiary/aromatic N) is 2. The van der Waals surface area contributed by atoms with Gasteiger partial charge in [0.1, 0.15) is 5.65 Å². The van der Waals surface area contributed by atoms with Gasteiger partial charge in [-0.25, -0.2) is 4.98 Å². The van der Waals surface area contributed by atoms with Crippen LogP contribution in [0.1, 0.15) is 36.2 Å². The molecule has 6 heteroatoms. The first-order valence-electron chi connectivity index (χ1n) is 9.04. The van der Waals surface area contributed by atoms with Crippen LogP contribution in [-0.4, -0.2) is 27.7 Å². The van der Waals surface area contributed by atoms with Gasteiger partial charge in [0.05, 0.1) is 18.2 Å². The molecule has 2 aromatic heterocycles. The van der Waals surface area contributed by atoms with E-state index in [4.69, 9.17) is 0 Å². The lowest BCUT2D eigenvalue weighted by Gasteiger charge is -2.18. The van der Waals surface area contributed by atoms with Crippen molar-refractivity contribution < 1.29 is 9.59 Å². The monoisotopic (exact) mass is 364 g/mol. The predicted molar refractivity (Wildman–Crippen MR) is 104 cm³/mol. The molecular weight excluding hydrogens is 340 g/mol. The molecule has 2 heterocycles. The fraction of sp³-hybridized carbons (Fsp3) is 0.286. The SMILES string of the molecule is CC(=O)N[C@@H](CC(=O)NCCc1cn2ccccc2n1)c1ccc(C)cc1. The normalized spacial score (nSPS) is 11.9. The van der Waals surface area contributed by atoms with Gasteiger partial charge in [-0.2, -0.15) is 0 Å². The molecule has 0 radical (unpaired) electrons. The number of aryl methyl sites for hydroxylation is 1. The number of rotatable bonds is 7. The smallest absolute Gasteiger partial charge is 0.222 e. The van der Waals surface area contributed by atoms with Crippen LogP contribution in [0.15, 0.2) is 54.9 Å². The summed E-state index contributed by atoms with van der Waals surface area (Å²) in [5, 5.41) is 5.78. The molecule has 0 saturated carbocycles. The maximum Gasteiger partial charge on any atom is 0.222 e. The van der Waals surface area contributed by atoms with Gasteiger partial charge in [0.2, 0.25) is 11.8 Å². The average Bonchev–Trinajstić information content (AvgIpc) is 3.04. The number of hydrogen-bond acceptors (Lipinski definition) is 3. The highest BCUT2D eigenvalue weighted by Gasteiger charge is 2.17. The first-order chi connectivity index (χ1) is 13.0. The largest absolute Gasteiger partial charge is 0.356 e. The van der Waals surface area contributed by atoms with Crippen LogP contribution < -0.4 is 10.6 Å². The molecule has 2 N–H and O–H groups in total. The zero-order chi connectivity index (χ0) is 19.2. The van der Waals surface area contributed by atoms with Crippen molar-refractivity contribution in [2.24, 2.45) is 0 Å². The second kappa shape index (κ2) is 8.49. The third kappa shape index (κ3) is 5.17. The first kappa shape index (κ1) is 18.6. The Bertz CT molecular complexity index is 898. The highest BCUT2D eigenvalue weighted by atomic mass is 16.2. The molecule has 0 bridgehead atoms. The van der Waals surface area contributed by atoms with Crippen molar-refractivity contribution in [2.45, 2.75) is 32.7 Å². The third-order valence-corrected chi connectivity index (χ3v) is 4.36. The zero-order valence-electron chi connectivity index (χ0n) is 15.6. The minimum Gasteiger partial charge on any atom is -0.356 e. The van der Waals surface area contributed by atoms with Crippen LogP contribution >= 0.6 is 0 Å². The molecule has 0 aliphatic rings. The van der Waals surface area contributed by atoms with E-state index in [1.807, 2.05) is 66.2 Å². The van der Waals surface area contributed by atoms with Crippen molar-refractivity contribution in [3.8, 4) is 0 Å². The number of imidazole rings is 1. The highest BCUT2D eigenvalue weighted by molar-refractivity contribution is 5.79. The number of carbonyl (C=O) groups is 2. The molecule has 1 atom stereocenters. The Morgan fingerprint density at radius 1 is 1.15 bits per heavy atom. The van der Waals surface area contributed by atoms with Gasteiger partial charge in [0.25, 0.3) is 0 Å². The number of carbonyl (C=O) groups excluding carboxylic acids is 2. The molecule has 0 spiro atoms. The molecule has 0 aliphatic heterocycles. The van der Waals surface area contributed by atoms with E-state index in [2.05, 4.69) is 15.6 Å². The van der Waals surface area contributed by atoms with Crippen molar-refractivity contribution in [3.05, 3.63) is 71.7 Å². The van der Waals surface area contributed by atoms with Gasteiger partial charge in [-0.1, -0.05) is 35.9 Å². The Morgan fingerprint density at radius 3 is 2.63 bits per heavy atom. The van der Waals surface area contributed by atoms with Crippen LogP contribution in [0.2, 0.25) is 0 Å². The zero-order valence-corrected chi connectivity index (χ0v) is 15.6. The summed E-state index contributed by atoms with van der Waals surface area (Å²) in [4.78, 5) is 28.4. The summed E-state index contributed by atoms with van der Waals surface area (Å²) >= 11 is 0. The van der Waals surface area contributed by atoms with E-state index in [-0.39, 0.29) is 24.3 Å². The summed E-state index contributed by atoms with van der Waals surface area (Å²) in [6.45, 7) is 3.97. The van der Waals surface area contributed by atoms with Crippen LogP contribution in [0.4, 0.5) is 0 Å². The maximum atomic E-state index is 12.3. The lowest BCUT2D eigenvalue weighted by atomic mass is 10.0. The minimum atomic E-state index is -0.335. The average molecular weight is 364 g/mol.